The number of rotatable bonds is 0. The van der Waals surface area contributed by atoms with E-state index in [1.165, 1.54) is 6.39 Å². The van der Waals surface area contributed by atoms with Crippen molar-refractivity contribution in [2.45, 2.75) is 0 Å². The molecule has 1 aliphatic rings. The second-order valence-electron chi connectivity index (χ2n) is 1.52. The topological polar surface area (TPSA) is 38.4 Å². The van der Waals surface area contributed by atoms with Crippen molar-refractivity contribution >= 4 is 33.0 Å². The van der Waals surface area contributed by atoms with Crippen molar-refractivity contribution in [2.75, 3.05) is 0 Å². The Hall–Kier alpha value is -0.520. The van der Waals surface area contributed by atoms with E-state index in [0.717, 1.165) is 5.69 Å². The average Bonchev–Trinajstić information content (AvgIpc) is 2.33. The number of hydrogen-bond donors (Lipinski definition) is 0. The van der Waals surface area contributed by atoms with Gasteiger partial charge in [0.1, 0.15) is 5.69 Å². The van der Waals surface area contributed by atoms with E-state index in [2.05, 4.69) is 12.2 Å². The van der Waals surface area contributed by atoms with E-state index in [1.807, 2.05) is 6.08 Å². The van der Waals surface area contributed by atoms with Crippen molar-refractivity contribution in [1.82, 2.24) is 4.98 Å². The molecule has 0 aliphatic carbocycles. The van der Waals surface area contributed by atoms with Crippen LogP contribution in [0, 0.1) is 0 Å². The van der Waals surface area contributed by atoms with Crippen LogP contribution in [0.5, 0.6) is 0 Å². The highest BCUT2D eigenvalue weighted by molar-refractivity contribution is 14.2. The molecule has 0 N–H and O–H groups in total. The molecule has 4 heteroatoms. The van der Waals surface area contributed by atoms with Crippen molar-refractivity contribution in [3.63, 3.8) is 0 Å². The van der Waals surface area contributed by atoms with Crippen molar-refractivity contribution in [3.8, 4) is 0 Å². The number of oxazole rings is 1. The molecule has 0 atom stereocenters. The molecule has 0 spiro atoms. The predicted octanol–water partition coefficient (Wildman–Crippen LogP) is 2.44. The first-order valence-corrected chi connectivity index (χ1v) is 4.61. The normalized spacial score (nSPS) is 14.7. The first-order chi connectivity index (χ1) is 4.47. The van der Waals surface area contributed by atoms with E-state index in [0.29, 0.717) is 5.88 Å². The Labute approximate surface area is 61.9 Å². The van der Waals surface area contributed by atoms with Gasteiger partial charge in [0.15, 0.2) is 6.39 Å². The summed E-state index contributed by atoms with van der Waals surface area (Å²) in [5.74, 6) is 0.699. The van der Waals surface area contributed by atoms with Crippen LogP contribution < -0.4 is 0 Å². The lowest BCUT2D eigenvalue weighted by molar-refractivity contribution is 0.570. The molecular formula is C5H3IN2O. The molecule has 1 aromatic rings. The van der Waals surface area contributed by atoms with Gasteiger partial charge in [-0.3, -0.25) is 0 Å². The third kappa shape index (κ3) is 0.827. The summed E-state index contributed by atoms with van der Waals surface area (Å²) in [6.07, 6.45) is 3.38. The summed E-state index contributed by atoms with van der Waals surface area (Å²) in [7, 11) is 0. The Balaban J connectivity index is 2.68. The summed E-state index contributed by atoms with van der Waals surface area (Å²) in [6.45, 7) is 0. The van der Waals surface area contributed by atoms with Gasteiger partial charge in [0.25, 0.3) is 5.88 Å². The number of nitrogens with zero attached hydrogens (tertiary/aromatic N) is 2. The molecule has 2 rings (SSSR count). The molecule has 1 aliphatic heterocycles. The molecular weight excluding hydrogens is 231 g/mol. The van der Waals surface area contributed by atoms with Gasteiger partial charge < -0.3 is 4.42 Å². The Morgan fingerprint density at radius 1 is 1.56 bits per heavy atom. The Bertz CT molecular complexity index is 250. The molecule has 2 heterocycles. The highest BCUT2D eigenvalue weighted by atomic mass is 127. The maximum absolute atomic E-state index is 4.95. The zero-order valence-corrected chi connectivity index (χ0v) is 6.57. The van der Waals surface area contributed by atoms with Crippen LogP contribution in [0.1, 0.15) is 5.69 Å². The quantitative estimate of drug-likeness (QED) is 0.646. The molecule has 0 bridgehead atoms. The predicted molar refractivity (Wildman–Crippen MR) is 41.6 cm³/mol. The van der Waals surface area contributed by atoms with Crippen LogP contribution in [0.15, 0.2) is 18.0 Å². The fourth-order valence-corrected chi connectivity index (χ4v) is 1.86. The van der Waals surface area contributed by atoms with Crippen LogP contribution in [0.3, 0.4) is 0 Å². The van der Waals surface area contributed by atoms with Crippen LogP contribution in [-0.4, -0.2) is 4.98 Å². The molecule has 3 nitrogen and oxygen atoms in total. The van der Waals surface area contributed by atoms with E-state index in [1.54, 1.807) is 0 Å². The Kier molecular flexibility index (Phi) is 1.18. The summed E-state index contributed by atoms with van der Waals surface area (Å²) >= 11 is -0.137. The second kappa shape index (κ2) is 2.02. The summed E-state index contributed by atoms with van der Waals surface area (Å²) in [6, 6.07) is 0. The van der Waals surface area contributed by atoms with Crippen LogP contribution in [0.4, 0.5) is 5.88 Å². The van der Waals surface area contributed by atoms with E-state index in [4.69, 9.17) is 4.42 Å². The first kappa shape index (κ1) is 5.28. The minimum atomic E-state index is -0.137. The monoisotopic (exact) mass is 234 g/mol. The van der Waals surface area contributed by atoms with E-state index in [9.17, 15) is 0 Å². The summed E-state index contributed by atoms with van der Waals surface area (Å²) < 4.78 is 11.2. The first-order valence-electron chi connectivity index (χ1n) is 2.40. The Morgan fingerprint density at radius 2 is 2.56 bits per heavy atom. The van der Waals surface area contributed by atoms with Crippen molar-refractivity contribution in [1.29, 1.82) is 0 Å². The van der Waals surface area contributed by atoms with Crippen LogP contribution >= 0.6 is 21.0 Å². The third-order valence-electron chi connectivity index (χ3n) is 0.978. The lowest BCUT2D eigenvalue weighted by Gasteiger charge is -1.88. The lowest BCUT2D eigenvalue weighted by Crippen LogP contribution is -1.68. The smallest absolute Gasteiger partial charge is 0.251 e. The highest BCUT2D eigenvalue weighted by Gasteiger charge is 2.03. The van der Waals surface area contributed by atoms with Gasteiger partial charge in [0.05, 0.1) is 0 Å². The van der Waals surface area contributed by atoms with Gasteiger partial charge in [0, 0.05) is 21.0 Å². The molecule has 0 saturated carbocycles. The molecule has 46 valence electrons. The standard InChI is InChI=1S/C5H3IN2O/c1-2-6-8-5-4(1)7-3-9-5/h1-3H. The van der Waals surface area contributed by atoms with Crippen LogP contribution in [0.2, 0.25) is 0 Å². The summed E-state index contributed by atoms with van der Waals surface area (Å²) in [4.78, 5) is 3.93. The lowest BCUT2D eigenvalue weighted by atomic mass is 10.4. The van der Waals surface area contributed by atoms with E-state index in [-0.39, 0.29) is 21.0 Å². The van der Waals surface area contributed by atoms with Gasteiger partial charge in [-0.05, 0) is 10.2 Å². The number of hydrogen-bond acceptors (Lipinski definition) is 3. The molecule has 1 aromatic heterocycles. The SMILES string of the molecule is C1=Cc2ncoc2N=I1. The van der Waals surface area contributed by atoms with Gasteiger partial charge in [-0.1, -0.05) is 0 Å². The van der Waals surface area contributed by atoms with Crippen molar-refractivity contribution < 1.29 is 4.42 Å². The fraction of sp³-hybridized carbons (Fsp3) is 0. The van der Waals surface area contributed by atoms with Gasteiger partial charge in [0.2, 0.25) is 0 Å². The largest absolute Gasteiger partial charge is 0.425 e. The molecule has 0 saturated heterocycles. The van der Waals surface area contributed by atoms with Crippen molar-refractivity contribution in [3.05, 3.63) is 16.2 Å². The Morgan fingerprint density at radius 3 is 3.44 bits per heavy atom. The van der Waals surface area contributed by atoms with Gasteiger partial charge >= 0.3 is 0 Å². The molecule has 9 heavy (non-hydrogen) atoms. The minimum absolute atomic E-state index is 0.137. The summed E-state index contributed by atoms with van der Waals surface area (Å²) in [5.41, 5.74) is 0.862. The number of fused-ring (bicyclic) bond motifs is 1. The number of aromatic nitrogens is 1. The molecule has 0 aromatic carbocycles. The molecule has 0 radical (unpaired) electrons. The number of halogens is 1. The van der Waals surface area contributed by atoms with Gasteiger partial charge in [-0.25, -0.2) is 4.98 Å². The van der Waals surface area contributed by atoms with Crippen LogP contribution in [-0.2, 0) is 0 Å². The van der Waals surface area contributed by atoms with Crippen molar-refractivity contribution in [2.24, 2.45) is 3.15 Å². The zero-order valence-electron chi connectivity index (χ0n) is 4.41. The van der Waals surface area contributed by atoms with Crippen LogP contribution in [0.25, 0.3) is 6.08 Å². The second-order valence-corrected chi connectivity index (χ2v) is 3.28. The maximum atomic E-state index is 4.95. The highest BCUT2D eigenvalue weighted by Crippen LogP contribution is 2.28. The minimum Gasteiger partial charge on any atom is -0.425 e. The van der Waals surface area contributed by atoms with Gasteiger partial charge in [-0.2, -0.15) is 3.15 Å². The van der Waals surface area contributed by atoms with Gasteiger partial charge in [-0.15, -0.1) is 0 Å². The third-order valence-corrected chi connectivity index (χ3v) is 2.38. The van der Waals surface area contributed by atoms with E-state index >= 15 is 0 Å². The van der Waals surface area contributed by atoms with E-state index < -0.39 is 0 Å². The maximum Gasteiger partial charge on any atom is 0.251 e. The fourth-order valence-electron chi connectivity index (χ4n) is 0.587. The average molecular weight is 234 g/mol. The molecule has 0 unspecified atom stereocenters. The zero-order chi connectivity index (χ0) is 6.10. The molecule has 0 amide bonds. The molecule has 0 fully saturated rings. The summed E-state index contributed by atoms with van der Waals surface area (Å²) in [5, 5.41) is 0.